The third-order valence-corrected chi connectivity index (χ3v) is 11.6. The van der Waals surface area contributed by atoms with Crippen LogP contribution >= 0.6 is 11.3 Å². The maximum Gasteiger partial charge on any atom is 0.303 e. The Hall–Kier alpha value is -6.93. The zero-order valence-electron chi connectivity index (χ0n) is 34.7. The molecule has 4 atom stereocenters. The summed E-state index contributed by atoms with van der Waals surface area (Å²) in [6, 6.07) is 33.5. The third-order valence-electron chi connectivity index (χ3n) is 10.7. The van der Waals surface area contributed by atoms with Gasteiger partial charge in [-0.05, 0) is 70.7 Å². The number of Topliss-reactive ketones (excluding diaryl/α,β-unsaturated/α-hetero) is 1. The molecule has 3 heterocycles. The predicted octanol–water partition coefficient (Wildman–Crippen LogP) is 5.43. The minimum atomic E-state index is -1.21. The average Bonchev–Trinajstić information content (AvgIpc) is 3.80. The van der Waals surface area contributed by atoms with Gasteiger partial charge in [0, 0.05) is 61.6 Å². The van der Waals surface area contributed by atoms with Crippen LogP contribution in [0.5, 0.6) is 0 Å². The first-order chi connectivity index (χ1) is 30.5. The summed E-state index contributed by atoms with van der Waals surface area (Å²) in [5.41, 5.74) is 4.59. The Morgan fingerprint density at radius 3 is 1.89 bits per heavy atom. The number of ketones is 1. The number of thiophene rings is 1. The highest BCUT2D eigenvalue weighted by Gasteiger charge is 2.33. The summed E-state index contributed by atoms with van der Waals surface area (Å²) >= 11 is 1.41. The topological polar surface area (TPSA) is 200 Å². The number of hydrogen-bond donors (Lipinski definition) is 6. The Balaban J connectivity index is 1.34. The first-order valence-electron chi connectivity index (χ1n) is 21.0. The van der Waals surface area contributed by atoms with Gasteiger partial charge < -0.3 is 31.7 Å². The van der Waals surface area contributed by atoms with Gasteiger partial charge in [0.2, 0.25) is 29.5 Å². The third kappa shape index (κ3) is 14.3. The van der Waals surface area contributed by atoms with Crippen molar-refractivity contribution >= 4 is 58.3 Å². The van der Waals surface area contributed by atoms with Crippen LogP contribution in [0.3, 0.4) is 0 Å². The number of benzene rings is 4. The molecule has 14 heteroatoms. The van der Waals surface area contributed by atoms with Crippen molar-refractivity contribution in [1.29, 1.82) is 0 Å². The van der Waals surface area contributed by atoms with E-state index in [-0.39, 0.29) is 64.3 Å². The fourth-order valence-electron chi connectivity index (χ4n) is 7.35. The predicted molar refractivity (Wildman–Crippen MR) is 241 cm³/mol. The standard InChI is InChI=1S/C49H51N5O8S/c55-43-30-37(47(60)50-25-7-14-46(58)59)27-33-17-21-38(22-18-33)51-44(56)23-24-45(57)52-42(31-39-13-8-26-63-39)49(62)54-41(48(61)53-40(43)28-32-9-3-1-4-10-32)29-34-15-19-36(20-16-34)35-11-5-2-6-12-35/h1-6,8-13,15-22,26,37,40-42H,7,14,23-25,27-31H2,(H,50,60)(H,51,56)(H,52,57)(H,53,61)(H,54,62)(H,58,59)/t37-,40-,41+,42-/m1/s1. The highest BCUT2D eigenvalue weighted by Crippen LogP contribution is 2.22. The van der Waals surface area contributed by atoms with E-state index in [9.17, 15) is 33.6 Å². The molecule has 2 bridgehead atoms. The van der Waals surface area contributed by atoms with Crippen LogP contribution in [0.4, 0.5) is 5.69 Å². The van der Waals surface area contributed by atoms with E-state index in [2.05, 4.69) is 26.6 Å². The quantitative estimate of drug-likeness (QED) is 0.0705. The Morgan fingerprint density at radius 2 is 1.22 bits per heavy atom. The number of nitrogens with one attached hydrogen (secondary N) is 5. The van der Waals surface area contributed by atoms with Gasteiger partial charge in [0.1, 0.15) is 12.1 Å². The minimum absolute atomic E-state index is 0.0376. The van der Waals surface area contributed by atoms with Gasteiger partial charge in [-0.25, -0.2) is 0 Å². The normalized spacial score (nSPS) is 19.1. The van der Waals surface area contributed by atoms with Crippen LogP contribution in [0.15, 0.2) is 127 Å². The summed E-state index contributed by atoms with van der Waals surface area (Å²) in [5, 5.41) is 25.1. The lowest BCUT2D eigenvalue weighted by Crippen LogP contribution is -2.57. The van der Waals surface area contributed by atoms with Crippen molar-refractivity contribution in [2.45, 2.75) is 75.9 Å². The summed E-state index contributed by atoms with van der Waals surface area (Å²) in [6.45, 7) is 0.0868. The second kappa shape index (κ2) is 22.8. The fourth-order valence-corrected chi connectivity index (χ4v) is 8.10. The van der Waals surface area contributed by atoms with Crippen molar-refractivity contribution in [1.82, 2.24) is 21.3 Å². The summed E-state index contributed by atoms with van der Waals surface area (Å²) < 4.78 is 0. The number of carbonyl (C=O) groups excluding carboxylic acids is 6. The highest BCUT2D eigenvalue weighted by molar-refractivity contribution is 7.09. The maximum absolute atomic E-state index is 14.6. The number of aliphatic carboxylic acids is 1. The molecule has 5 amide bonds. The van der Waals surface area contributed by atoms with Crippen LogP contribution in [-0.4, -0.2) is 71.1 Å². The van der Waals surface area contributed by atoms with Crippen molar-refractivity contribution in [3.05, 3.63) is 148 Å². The van der Waals surface area contributed by atoms with E-state index in [1.165, 1.54) is 11.3 Å². The second-order valence-corrected chi connectivity index (χ2v) is 16.6. The van der Waals surface area contributed by atoms with Gasteiger partial charge in [0.25, 0.3) is 0 Å². The van der Waals surface area contributed by atoms with Crippen molar-refractivity contribution in [2.24, 2.45) is 5.92 Å². The summed E-state index contributed by atoms with van der Waals surface area (Å²) in [7, 11) is 0. The second-order valence-electron chi connectivity index (χ2n) is 15.6. The van der Waals surface area contributed by atoms with Gasteiger partial charge >= 0.3 is 5.97 Å². The Kier molecular flexibility index (Phi) is 16.5. The van der Waals surface area contributed by atoms with Crippen LogP contribution < -0.4 is 26.6 Å². The number of rotatable bonds is 12. The molecular formula is C49H51N5O8S. The van der Waals surface area contributed by atoms with Gasteiger partial charge in [-0.15, -0.1) is 11.3 Å². The van der Waals surface area contributed by atoms with Gasteiger partial charge in [0.15, 0.2) is 5.78 Å². The SMILES string of the molecule is O=C(O)CCCNC(=O)[C@H]1CC(=O)[C@@H](Cc2ccccc2)NC(=O)[C@H](Cc2ccc(-c3ccccc3)cc2)NC(=O)[C@@H](Cc2cccs2)NC(=O)CCC(=O)Nc2ccc(cc2)C1. The molecular weight excluding hydrogens is 819 g/mol. The van der Waals surface area contributed by atoms with Crippen molar-refractivity contribution in [2.75, 3.05) is 11.9 Å². The first-order valence-corrected chi connectivity index (χ1v) is 21.9. The molecule has 0 radical (unpaired) electrons. The largest absolute Gasteiger partial charge is 0.481 e. The molecule has 4 aromatic carbocycles. The van der Waals surface area contributed by atoms with Crippen LogP contribution in [0, 0.1) is 5.92 Å². The van der Waals surface area contributed by atoms with Crippen LogP contribution in [-0.2, 0) is 59.2 Å². The lowest BCUT2D eigenvalue weighted by molar-refractivity contribution is -0.137. The molecule has 326 valence electrons. The zero-order valence-corrected chi connectivity index (χ0v) is 35.5. The molecule has 0 saturated carbocycles. The molecule has 7 rings (SSSR count). The number of carboxylic acid groups (broad SMARTS) is 1. The number of fused-ring (bicyclic) bond motifs is 18. The Labute approximate surface area is 370 Å². The molecule has 1 aromatic heterocycles. The monoisotopic (exact) mass is 869 g/mol. The minimum Gasteiger partial charge on any atom is -0.481 e. The van der Waals surface area contributed by atoms with E-state index in [0.717, 1.165) is 27.1 Å². The van der Waals surface area contributed by atoms with Gasteiger partial charge in [-0.2, -0.15) is 0 Å². The van der Waals surface area contributed by atoms with Crippen molar-refractivity contribution in [3.63, 3.8) is 0 Å². The zero-order chi connectivity index (χ0) is 44.6. The lowest BCUT2D eigenvalue weighted by Gasteiger charge is -2.26. The number of hydrogen-bond acceptors (Lipinski definition) is 8. The Bertz CT molecular complexity index is 2340. The average molecular weight is 870 g/mol. The molecule has 13 nitrogen and oxygen atoms in total. The Morgan fingerprint density at radius 1 is 0.619 bits per heavy atom. The maximum atomic E-state index is 14.6. The van der Waals surface area contributed by atoms with E-state index < -0.39 is 65.3 Å². The van der Waals surface area contributed by atoms with Crippen molar-refractivity contribution < 1.29 is 38.7 Å². The number of amides is 5. The van der Waals surface area contributed by atoms with Crippen molar-refractivity contribution in [3.8, 4) is 11.1 Å². The summed E-state index contributed by atoms with van der Waals surface area (Å²) in [4.78, 5) is 95.4. The number of anilines is 1. The molecule has 0 aliphatic carbocycles. The van der Waals surface area contributed by atoms with Crippen LogP contribution in [0.25, 0.3) is 11.1 Å². The van der Waals surface area contributed by atoms with Gasteiger partial charge in [-0.3, -0.25) is 33.6 Å². The summed E-state index contributed by atoms with van der Waals surface area (Å²) in [6.07, 6.45) is -0.207. The highest BCUT2D eigenvalue weighted by atomic mass is 32.1. The number of carbonyl (C=O) groups is 7. The van der Waals surface area contributed by atoms with Gasteiger partial charge in [0.05, 0.1) is 6.04 Å². The molecule has 2 aliphatic heterocycles. The van der Waals surface area contributed by atoms with E-state index >= 15 is 0 Å². The van der Waals surface area contributed by atoms with E-state index in [0.29, 0.717) is 11.3 Å². The molecule has 0 unspecified atom stereocenters. The van der Waals surface area contributed by atoms with E-state index in [1.54, 1.807) is 24.3 Å². The summed E-state index contributed by atoms with van der Waals surface area (Å²) in [5.74, 6) is -4.99. The van der Waals surface area contributed by atoms with Gasteiger partial charge in [-0.1, -0.05) is 103 Å². The van der Waals surface area contributed by atoms with E-state index in [1.807, 2.05) is 102 Å². The first kappa shape index (κ1) is 45.6. The van der Waals surface area contributed by atoms with E-state index in [4.69, 9.17) is 5.11 Å². The molecule has 63 heavy (non-hydrogen) atoms. The molecule has 2 aliphatic rings. The molecule has 6 N–H and O–H groups in total. The lowest BCUT2D eigenvalue weighted by atomic mass is 9.89. The fraction of sp³-hybridized carbons (Fsp3) is 0.286. The molecule has 5 aromatic rings. The smallest absolute Gasteiger partial charge is 0.303 e. The molecule has 0 fully saturated rings. The van der Waals surface area contributed by atoms with Crippen LogP contribution in [0.1, 0.15) is 53.7 Å². The van der Waals surface area contributed by atoms with Crippen LogP contribution in [0.2, 0.25) is 0 Å². The number of carboxylic acids is 1. The molecule has 0 saturated heterocycles. The molecule has 0 spiro atoms.